The van der Waals surface area contributed by atoms with E-state index in [1.54, 1.807) is 13.8 Å². The maximum atomic E-state index is 12.7. The van der Waals surface area contributed by atoms with Crippen LogP contribution in [0.15, 0.2) is 24.3 Å². The molecule has 0 radical (unpaired) electrons. The van der Waals surface area contributed by atoms with Gasteiger partial charge in [0.05, 0.1) is 11.6 Å². The molecule has 1 aromatic rings. The minimum atomic E-state index is -1.11. The number of nitrogens with two attached hydrogens (primary N) is 2. The molecule has 17 heavy (non-hydrogen) atoms. The van der Waals surface area contributed by atoms with Gasteiger partial charge in [0, 0.05) is 6.42 Å². The molecule has 1 rings (SSSR count). The van der Waals surface area contributed by atoms with E-state index in [0.29, 0.717) is 12.2 Å². The van der Waals surface area contributed by atoms with E-state index in [1.165, 1.54) is 24.3 Å². The van der Waals surface area contributed by atoms with Crippen LogP contribution in [0.2, 0.25) is 0 Å². The molecule has 0 saturated heterocycles. The minimum absolute atomic E-state index is 0.289. The van der Waals surface area contributed by atoms with Gasteiger partial charge >= 0.3 is 0 Å². The van der Waals surface area contributed by atoms with Crippen molar-refractivity contribution in [2.45, 2.75) is 31.9 Å². The van der Waals surface area contributed by atoms with Gasteiger partial charge in [-0.15, -0.1) is 0 Å². The van der Waals surface area contributed by atoms with Crippen molar-refractivity contribution in [1.29, 1.82) is 0 Å². The fourth-order valence-electron chi connectivity index (χ4n) is 1.48. The molecule has 0 aliphatic rings. The van der Waals surface area contributed by atoms with Crippen molar-refractivity contribution in [2.75, 3.05) is 0 Å². The number of rotatable bonds is 5. The van der Waals surface area contributed by atoms with Crippen LogP contribution in [0.5, 0.6) is 5.75 Å². The quantitative estimate of drug-likeness (QED) is 0.811. The van der Waals surface area contributed by atoms with Crippen molar-refractivity contribution < 1.29 is 13.9 Å². The van der Waals surface area contributed by atoms with Crippen molar-refractivity contribution in [1.82, 2.24) is 0 Å². The number of halogens is 1. The molecule has 0 aliphatic carbocycles. The van der Waals surface area contributed by atoms with Gasteiger partial charge in [-0.3, -0.25) is 4.79 Å². The number of hydrogen-bond acceptors (Lipinski definition) is 3. The van der Waals surface area contributed by atoms with E-state index in [-0.39, 0.29) is 11.9 Å². The summed E-state index contributed by atoms with van der Waals surface area (Å²) in [5.74, 6) is -0.378. The summed E-state index contributed by atoms with van der Waals surface area (Å²) >= 11 is 0. The van der Waals surface area contributed by atoms with Crippen molar-refractivity contribution in [2.24, 2.45) is 11.5 Å². The van der Waals surface area contributed by atoms with Gasteiger partial charge in [0.25, 0.3) is 0 Å². The van der Waals surface area contributed by atoms with Gasteiger partial charge in [-0.1, -0.05) is 0 Å². The Kier molecular flexibility index (Phi) is 4.07. The maximum absolute atomic E-state index is 12.7. The van der Waals surface area contributed by atoms with Gasteiger partial charge in [-0.25, -0.2) is 4.39 Å². The molecule has 0 heterocycles. The zero-order valence-corrected chi connectivity index (χ0v) is 9.94. The molecule has 1 aromatic carbocycles. The molecule has 4 nitrogen and oxygen atoms in total. The molecule has 1 amide bonds. The predicted molar refractivity (Wildman–Crippen MR) is 62.9 cm³/mol. The van der Waals surface area contributed by atoms with Crippen molar-refractivity contribution in [3.8, 4) is 5.75 Å². The van der Waals surface area contributed by atoms with Crippen LogP contribution in [0.4, 0.5) is 4.39 Å². The molecular weight excluding hydrogens is 223 g/mol. The summed E-state index contributed by atoms with van der Waals surface area (Å²) in [5.41, 5.74) is 9.77. The Bertz CT molecular complexity index is 390. The summed E-state index contributed by atoms with van der Waals surface area (Å²) in [6, 6.07) is 5.64. The molecule has 2 unspecified atom stereocenters. The molecule has 94 valence electrons. The van der Waals surface area contributed by atoms with Crippen LogP contribution in [-0.4, -0.2) is 17.6 Å². The lowest BCUT2D eigenvalue weighted by molar-refractivity contribution is -0.123. The predicted octanol–water partition coefficient (Wildman–Crippen LogP) is 1.19. The maximum Gasteiger partial charge on any atom is 0.237 e. The van der Waals surface area contributed by atoms with Gasteiger partial charge in [0.15, 0.2) is 0 Å². The second-order valence-corrected chi connectivity index (χ2v) is 4.37. The van der Waals surface area contributed by atoms with Crippen LogP contribution in [-0.2, 0) is 4.79 Å². The molecule has 0 bridgehead atoms. The highest BCUT2D eigenvalue weighted by molar-refractivity contribution is 5.83. The molecular formula is C12H17FN2O2. The fraction of sp³-hybridized carbons (Fsp3) is 0.417. The molecule has 0 aliphatic heterocycles. The lowest BCUT2D eigenvalue weighted by Crippen LogP contribution is -2.51. The number of ether oxygens (including phenoxy) is 1. The molecule has 0 saturated carbocycles. The Morgan fingerprint density at radius 3 is 2.47 bits per heavy atom. The number of amides is 1. The number of primary amides is 1. The number of benzene rings is 1. The SMILES string of the molecule is CC(CC(C)(N)C(N)=O)Oc1ccc(F)cc1. The van der Waals surface area contributed by atoms with Crippen LogP contribution in [0.25, 0.3) is 0 Å². The number of hydrogen-bond donors (Lipinski definition) is 2. The normalized spacial score (nSPS) is 16.0. The third-order valence-corrected chi connectivity index (χ3v) is 2.43. The van der Waals surface area contributed by atoms with E-state index in [9.17, 15) is 9.18 Å². The first-order valence-electron chi connectivity index (χ1n) is 5.32. The van der Waals surface area contributed by atoms with E-state index in [4.69, 9.17) is 16.2 Å². The number of carbonyl (C=O) groups is 1. The Balaban J connectivity index is 2.58. The summed E-state index contributed by atoms with van der Waals surface area (Å²) < 4.78 is 18.2. The van der Waals surface area contributed by atoms with Gasteiger partial charge < -0.3 is 16.2 Å². The Hall–Kier alpha value is -1.62. The zero-order valence-electron chi connectivity index (χ0n) is 9.94. The van der Waals surface area contributed by atoms with Crippen molar-refractivity contribution in [3.63, 3.8) is 0 Å². The van der Waals surface area contributed by atoms with Crippen molar-refractivity contribution in [3.05, 3.63) is 30.1 Å². The topological polar surface area (TPSA) is 78.3 Å². The largest absolute Gasteiger partial charge is 0.491 e. The summed E-state index contributed by atoms with van der Waals surface area (Å²) in [7, 11) is 0. The highest BCUT2D eigenvalue weighted by Crippen LogP contribution is 2.17. The third-order valence-electron chi connectivity index (χ3n) is 2.43. The smallest absolute Gasteiger partial charge is 0.237 e. The van der Waals surface area contributed by atoms with Gasteiger partial charge in [0.2, 0.25) is 5.91 Å². The Morgan fingerprint density at radius 1 is 1.47 bits per heavy atom. The zero-order chi connectivity index (χ0) is 13.1. The van der Waals surface area contributed by atoms with Crippen LogP contribution >= 0.6 is 0 Å². The molecule has 0 aromatic heterocycles. The average molecular weight is 240 g/mol. The van der Waals surface area contributed by atoms with E-state index < -0.39 is 11.4 Å². The fourth-order valence-corrected chi connectivity index (χ4v) is 1.48. The second kappa shape index (κ2) is 5.14. The van der Waals surface area contributed by atoms with Gasteiger partial charge in [-0.05, 0) is 38.1 Å². The van der Waals surface area contributed by atoms with E-state index in [2.05, 4.69) is 0 Å². The first-order chi connectivity index (χ1) is 7.81. The van der Waals surface area contributed by atoms with Crippen LogP contribution in [0, 0.1) is 5.82 Å². The first-order valence-corrected chi connectivity index (χ1v) is 5.32. The van der Waals surface area contributed by atoms with E-state index in [0.717, 1.165) is 0 Å². The van der Waals surface area contributed by atoms with Crippen molar-refractivity contribution >= 4 is 5.91 Å². The van der Waals surface area contributed by atoms with Crippen LogP contribution in [0.3, 0.4) is 0 Å². The Morgan fingerprint density at radius 2 is 2.00 bits per heavy atom. The molecule has 5 heteroatoms. The van der Waals surface area contributed by atoms with Gasteiger partial charge in [0.1, 0.15) is 11.6 Å². The Labute approximate surface area is 99.7 Å². The van der Waals surface area contributed by atoms with Crippen LogP contribution in [0.1, 0.15) is 20.3 Å². The molecule has 4 N–H and O–H groups in total. The third kappa shape index (κ3) is 4.03. The lowest BCUT2D eigenvalue weighted by Gasteiger charge is -2.25. The van der Waals surface area contributed by atoms with E-state index >= 15 is 0 Å². The van der Waals surface area contributed by atoms with Gasteiger partial charge in [-0.2, -0.15) is 0 Å². The summed E-state index contributed by atoms with van der Waals surface area (Å²) in [6.07, 6.45) is 0.00245. The summed E-state index contributed by atoms with van der Waals surface area (Å²) in [6.45, 7) is 3.33. The lowest BCUT2D eigenvalue weighted by atomic mass is 9.95. The summed E-state index contributed by atoms with van der Waals surface area (Å²) in [5, 5.41) is 0. The standard InChI is InChI=1S/C12H17FN2O2/c1-8(7-12(2,15)11(14)16)17-10-5-3-9(13)4-6-10/h3-6,8H,7,15H2,1-2H3,(H2,14,16). The molecule has 0 fully saturated rings. The minimum Gasteiger partial charge on any atom is -0.491 e. The molecule has 0 spiro atoms. The highest BCUT2D eigenvalue weighted by atomic mass is 19.1. The molecule has 2 atom stereocenters. The monoisotopic (exact) mass is 240 g/mol. The average Bonchev–Trinajstić information content (AvgIpc) is 2.20. The number of carbonyl (C=O) groups excluding carboxylic acids is 1. The van der Waals surface area contributed by atoms with E-state index in [1.807, 2.05) is 0 Å². The summed E-state index contributed by atoms with van der Waals surface area (Å²) in [4.78, 5) is 11.0. The highest BCUT2D eigenvalue weighted by Gasteiger charge is 2.28. The first kappa shape index (κ1) is 13.4. The van der Waals surface area contributed by atoms with Crippen LogP contribution < -0.4 is 16.2 Å². The second-order valence-electron chi connectivity index (χ2n) is 4.37.